The molecular weight excluding hydrogens is 176 g/mol. The molecule has 1 aromatic rings. The van der Waals surface area contributed by atoms with Crippen LogP contribution in [0, 0.1) is 0 Å². The second-order valence-electron chi connectivity index (χ2n) is 3.81. The van der Waals surface area contributed by atoms with E-state index < -0.39 is 0 Å². The van der Waals surface area contributed by atoms with Crippen LogP contribution in [0.2, 0.25) is 0 Å². The molecule has 0 aromatic carbocycles. The van der Waals surface area contributed by atoms with Crippen LogP contribution < -0.4 is 5.32 Å². The molecule has 1 aliphatic heterocycles. The maximum Gasteiger partial charge on any atom is 0.230 e. The molecule has 1 amide bonds. The SMILES string of the molecule is CCC(C)c1cnc2c(c1)CC(=O)N2. The van der Waals surface area contributed by atoms with Gasteiger partial charge in [0, 0.05) is 11.8 Å². The Labute approximate surface area is 83.5 Å². The highest BCUT2D eigenvalue weighted by atomic mass is 16.1. The van der Waals surface area contributed by atoms with E-state index in [-0.39, 0.29) is 5.91 Å². The smallest absolute Gasteiger partial charge is 0.230 e. The molecule has 0 radical (unpaired) electrons. The lowest BCUT2D eigenvalue weighted by atomic mass is 9.99. The highest BCUT2D eigenvalue weighted by molar-refractivity contribution is 5.97. The molecule has 0 saturated carbocycles. The number of carbonyl (C=O) groups excluding carboxylic acids is 1. The van der Waals surface area contributed by atoms with E-state index in [1.165, 1.54) is 5.56 Å². The molecule has 0 fully saturated rings. The molecule has 14 heavy (non-hydrogen) atoms. The number of aromatic nitrogens is 1. The van der Waals surface area contributed by atoms with E-state index in [0.717, 1.165) is 17.8 Å². The number of fused-ring (bicyclic) bond motifs is 1. The average molecular weight is 190 g/mol. The zero-order chi connectivity index (χ0) is 10.1. The molecule has 1 N–H and O–H groups in total. The van der Waals surface area contributed by atoms with Gasteiger partial charge in [0.2, 0.25) is 5.91 Å². The van der Waals surface area contributed by atoms with Crippen molar-refractivity contribution in [3.05, 3.63) is 23.4 Å². The van der Waals surface area contributed by atoms with E-state index in [1.54, 1.807) is 0 Å². The van der Waals surface area contributed by atoms with Crippen molar-refractivity contribution < 1.29 is 4.79 Å². The van der Waals surface area contributed by atoms with Crippen LogP contribution in [0.4, 0.5) is 5.82 Å². The zero-order valence-electron chi connectivity index (χ0n) is 8.50. The number of hydrogen-bond donors (Lipinski definition) is 1. The Morgan fingerprint density at radius 3 is 3.14 bits per heavy atom. The van der Waals surface area contributed by atoms with Crippen LogP contribution in [-0.4, -0.2) is 10.9 Å². The van der Waals surface area contributed by atoms with Crippen LogP contribution in [-0.2, 0) is 11.2 Å². The lowest BCUT2D eigenvalue weighted by molar-refractivity contribution is -0.115. The van der Waals surface area contributed by atoms with Gasteiger partial charge in [0.1, 0.15) is 5.82 Å². The Kier molecular flexibility index (Phi) is 2.23. The summed E-state index contributed by atoms with van der Waals surface area (Å²) >= 11 is 0. The molecule has 2 rings (SSSR count). The number of amides is 1. The van der Waals surface area contributed by atoms with Gasteiger partial charge in [-0.1, -0.05) is 13.8 Å². The van der Waals surface area contributed by atoms with E-state index >= 15 is 0 Å². The van der Waals surface area contributed by atoms with Crippen molar-refractivity contribution in [3.63, 3.8) is 0 Å². The average Bonchev–Trinajstić information content (AvgIpc) is 2.55. The molecule has 2 heterocycles. The largest absolute Gasteiger partial charge is 0.310 e. The van der Waals surface area contributed by atoms with E-state index in [1.807, 2.05) is 6.20 Å². The van der Waals surface area contributed by atoms with Crippen molar-refractivity contribution in [1.29, 1.82) is 0 Å². The van der Waals surface area contributed by atoms with Crippen LogP contribution in [0.5, 0.6) is 0 Å². The van der Waals surface area contributed by atoms with Crippen LogP contribution in [0.25, 0.3) is 0 Å². The first-order valence-electron chi connectivity index (χ1n) is 4.99. The van der Waals surface area contributed by atoms with Gasteiger partial charge in [-0.2, -0.15) is 0 Å². The minimum Gasteiger partial charge on any atom is -0.310 e. The normalized spacial score (nSPS) is 16.3. The number of hydrogen-bond acceptors (Lipinski definition) is 2. The molecule has 1 unspecified atom stereocenters. The fourth-order valence-corrected chi connectivity index (χ4v) is 1.63. The first-order chi connectivity index (χ1) is 6.70. The summed E-state index contributed by atoms with van der Waals surface area (Å²) in [6, 6.07) is 2.09. The third-order valence-electron chi connectivity index (χ3n) is 2.78. The molecule has 0 saturated heterocycles. The Morgan fingerprint density at radius 1 is 1.64 bits per heavy atom. The minimum absolute atomic E-state index is 0.0498. The van der Waals surface area contributed by atoms with E-state index in [2.05, 4.69) is 30.2 Å². The van der Waals surface area contributed by atoms with Gasteiger partial charge in [-0.3, -0.25) is 4.79 Å². The quantitative estimate of drug-likeness (QED) is 0.775. The number of nitrogens with one attached hydrogen (secondary N) is 1. The summed E-state index contributed by atoms with van der Waals surface area (Å²) in [5.74, 6) is 1.30. The van der Waals surface area contributed by atoms with Gasteiger partial charge in [0.05, 0.1) is 6.42 Å². The molecule has 0 spiro atoms. The summed E-state index contributed by atoms with van der Waals surface area (Å²) < 4.78 is 0. The number of carbonyl (C=O) groups is 1. The van der Waals surface area contributed by atoms with Gasteiger partial charge in [-0.15, -0.1) is 0 Å². The zero-order valence-corrected chi connectivity index (χ0v) is 8.50. The van der Waals surface area contributed by atoms with Gasteiger partial charge < -0.3 is 5.32 Å². The second kappa shape index (κ2) is 3.40. The van der Waals surface area contributed by atoms with Crippen LogP contribution >= 0.6 is 0 Å². The molecule has 3 heteroatoms. The number of rotatable bonds is 2. The van der Waals surface area contributed by atoms with Crippen LogP contribution in [0.3, 0.4) is 0 Å². The highest BCUT2D eigenvalue weighted by Gasteiger charge is 2.19. The van der Waals surface area contributed by atoms with Gasteiger partial charge in [-0.05, 0) is 24.0 Å². The summed E-state index contributed by atoms with van der Waals surface area (Å²) in [5, 5.41) is 2.73. The molecule has 1 aromatic heterocycles. The van der Waals surface area contributed by atoms with Crippen molar-refractivity contribution in [2.45, 2.75) is 32.6 Å². The number of pyridine rings is 1. The van der Waals surface area contributed by atoms with Crippen LogP contribution in [0.15, 0.2) is 12.3 Å². The summed E-state index contributed by atoms with van der Waals surface area (Å²) in [7, 11) is 0. The molecule has 0 bridgehead atoms. The lowest BCUT2D eigenvalue weighted by Gasteiger charge is -2.09. The van der Waals surface area contributed by atoms with Crippen molar-refractivity contribution in [1.82, 2.24) is 4.98 Å². The molecule has 1 aliphatic rings. The van der Waals surface area contributed by atoms with Crippen molar-refractivity contribution in [3.8, 4) is 0 Å². The van der Waals surface area contributed by atoms with E-state index in [0.29, 0.717) is 12.3 Å². The maximum absolute atomic E-state index is 11.1. The Bertz CT molecular complexity index is 374. The third kappa shape index (κ3) is 1.50. The van der Waals surface area contributed by atoms with Crippen molar-refractivity contribution in [2.24, 2.45) is 0 Å². The van der Waals surface area contributed by atoms with Gasteiger partial charge in [0.25, 0.3) is 0 Å². The van der Waals surface area contributed by atoms with Crippen molar-refractivity contribution in [2.75, 3.05) is 5.32 Å². The van der Waals surface area contributed by atoms with Gasteiger partial charge >= 0.3 is 0 Å². The summed E-state index contributed by atoms with van der Waals surface area (Å²) in [5.41, 5.74) is 2.26. The first kappa shape index (κ1) is 9.19. The van der Waals surface area contributed by atoms with Crippen LogP contribution in [0.1, 0.15) is 37.3 Å². The topological polar surface area (TPSA) is 42.0 Å². The predicted octanol–water partition coefficient (Wildman–Crippen LogP) is 2.09. The molecular formula is C11H14N2O. The number of anilines is 1. The summed E-state index contributed by atoms with van der Waals surface area (Å²) in [6.45, 7) is 4.33. The Balaban J connectivity index is 2.32. The monoisotopic (exact) mass is 190 g/mol. The molecule has 74 valence electrons. The second-order valence-corrected chi connectivity index (χ2v) is 3.81. The van der Waals surface area contributed by atoms with E-state index in [4.69, 9.17) is 0 Å². The highest BCUT2D eigenvalue weighted by Crippen LogP contribution is 2.25. The lowest BCUT2D eigenvalue weighted by Crippen LogP contribution is -2.04. The fourth-order valence-electron chi connectivity index (χ4n) is 1.63. The molecule has 0 aliphatic carbocycles. The maximum atomic E-state index is 11.1. The Hall–Kier alpha value is -1.38. The standard InChI is InChI=1S/C11H14N2O/c1-3-7(2)9-4-8-5-10(14)13-11(8)12-6-9/h4,6-7H,3,5H2,1-2H3,(H,12,13,14). The summed E-state index contributed by atoms with van der Waals surface area (Å²) in [4.78, 5) is 15.3. The fraction of sp³-hybridized carbons (Fsp3) is 0.455. The predicted molar refractivity (Wildman–Crippen MR) is 55.3 cm³/mol. The third-order valence-corrected chi connectivity index (χ3v) is 2.78. The molecule has 1 atom stereocenters. The molecule has 3 nitrogen and oxygen atoms in total. The Morgan fingerprint density at radius 2 is 2.43 bits per heavy atom. The van der Waals surface area contributed by atoms with Gasteiger partial charge in [-0.25, -0.2) is 4.98 Å². The first-order valence-corrected chi connectivity index (χ1v) is 4.99. The summed E-state index contributed by atoms with van der Waals surface area (Å²) in [6.07, 6.45) is 3.44. The minimum atomic E-state index is 0.0498. The van der Waals surface area contributed by atoms with Gasteiger partial charge in [0.15, 0.2) is 0 Å². The number of nitrogens with zero attached hydrogens (tertiary/aromatic N) is 1. The van der Waals surface area contributed by atoms with Crippen molar-refractivity contribution >= 4 is 11.7 Å². The van der Waals surface area contributed by atoms with E-state index in [9.17, 15) is 4.79 Å².